The number of hydrogen-bond donors (Lipinski definition) is 0. The highest BCUT2D eigenvalue weighted by atomic mass is 35.5. The number of piperazine rings is 1. The van der Waals surface area contributed by atoms with Crippen LogP contribution in [0, 0.1) is 24.2 Å². The monoisotopic (exact) mass is 386 g/mol. The number of likely N-dealkylation sites (tertiary alicyclic amines) is 1. The van der Waals surface area contributed by atoms with Crippen molar-refractivity contribution in [3.63, 3.8) is 0 Å². The molecule has 3 aliphatic rings. The second-order valence-corrected chi connectivity index (χ2v) is 7.97. The molecule has 0 spiro atoms. The molecule has 27 heavy (non-hydrogen) atoms. The van der Waals surface area contributed by atoms with Gasteiger partial charge in [-0.25, -0.2) is 9.69 Å². The number of rotatable bonds is 2. The molecule has 0 radical (unpaired) electrons. The molecule has 3 saturated heterocycles. The molecule has 1 aromatic rings. The average molecular weight is 387 g/mol. The Kier molecular flexibility index (Phi) is 3.93. The first-order valence-corrected chi connectivity index (χ1v) is 9.31. The summed E-state index contributed by atoms with van der Waals surface area (Å²) in [5.74, 6) is -0.475. The predicted molar refractivity (Wildman–Crippen MR) is 98.2 cm³/mol. The summed E-state index contributed by atoms with van der Waals surface area (Å²) >= 11 is 6.22. The molecule has 0 N–H and O–H groups in total. The summed E-state index contributed by atoms with van der Waals surface area (Å²) in [6.45, 7) is 5.83. The molecule has 8 heteroatoms. The van der Waals surface area contributed by atoms with E-state index < -0.39 is 6.04 Å². The second kappa shape index (κ2) is 5.96. The molecule has 0 aliphatic carbocycles. The molecule has 0 saturated carbocycles. The Morgan fingerprint density at radius 1 is 1.33 bits per heavy atom. The number of carbonyl (C=O) groups excluding carboxylic acids is 3. The zero-order valence-corrected chi connectivity index (χ0v) is 16.0. The van der Waals surface area contributed by atoms with Gasteiger partial charge in [0.15, 0.2) is 0 Å². The van der Waals surface area contributed by atoms with E-state index in [0.717, 1.165) is 4.90 Å². The number of carbonyl (C=O) groups is 3. The fourth-order valence-corrected chi connectivity index (χ4v) is 4.67. The molecule has 3 heterocycles. The summed E-state index contributed by atoms with van der Waals surface area (Å²) in [6, 6.07) is 3.65. The van der Waals surface area contributed by atoms with Gasteiger partial charge in [-0.05, 0) is 31.0 Å². The fraction of sp³-hybridized carbons (Fsp3) is 0.474. The molecule has 0 aromatic heterocycles. The first-order chi connectivity index (χ1) is 12.8. The van der Waals surface area contributed by atoms with Crippen LogP contribution in [0.5, 0.6) is 0 Å². The van der Waals surface area contributed by atoms with E-state index in [1.807, 2.05) is 19.9 Å². The first kappa shape index (κ1) is 17.8. The van der Waals surface area contributed by atoms with Gasteiger partial charge in [0, 0.05) is 12.5 Å². The highest BCUT2D eigenvalue weighted by Gasteiger charge is 2.63. The number of imide groups is 1. The van der Waals surface area contributed by atoms with Crippen molar-refractivity contribution in [1.82, 2.24) is 9.80 Å². The minimum atomic E-state index is -0.646. The van der Waals surface area contributed by atoms with E-state index in [1.54, 1.807) is 22.8 Å². The lowest BCUT2D eigenvalue weighted by Gasteiger charge is -2.35. The van der Waals surface area contributed by atoms with E-state index in [4.69, 9.17) is 16.9 Å². The van der Waals surface area contributed by atoms with Gasteiger partial charge in [0.05, 0.1) is 28.4 Å². The lowest BCUT2D eigenvalue weighted by molar-refractivity contribution is -0.138. The van der Waals surface area contributed by atoms with Crippen molar-refractivity contribution < 1.29 is 14.4 Å². The van der Waals surface area contributed by atoms with Gasteiger partial charge < -0.3 is 9.80 Å². The van der Waals surface area contributed by atoms with Crippen LogP contribution >= 0.6 is 11.6 Å². The van der Waals surface area contributed by atoms with Gasteiger partial charge in [0.2, 0.25) is 5.91 Å². The highest BCUT2D eigenvalue weighted by Crippen LogP contribution is 2.44. The molecule has 1 aromatic carbocycles. The Hall–Kier alpha value is -2.59. The fourth-order valence-electron chi connectivity index (χ4n) is 4.47. The topological polar surface area (TPSA) is 84.7 Å². The Morgan fingerprint density at radius 2 is 2.04 bits per heavy atom. The number of benzene rings is 1. The number of amides is 4. The maximum atomic E-state index is 13.2. The molecule has 2 bridgehead atoms. The lowest BCUT2D eigenvalue weighted by Crippen LogP contribution is -2.55. The summed E-state index contributed by atoms with van der Waals surface area (Å²) in [6.07, 6.45) is 0.640. The number of nitriles is 1. The Balaban J connectivity index is 1.70. The van der Waals surface area contributed by atoms with E-state index in [-0.39, 0.29) is 40.9 Å². The summed E-state index contributed by atoms with van der Waals surface area (Å²) < 4.78 is 0. The number of hydrogen-bond acceptors (Lipinski definition) is 4. The van der Waals surface area contributed by atoms with Gasteiger partial charge in [-0.2, -0.15) is 5.26 Å². The van der Waals surface area contributed by atoms with Crippen molar-refractivity contribution in [3.05, 3.63) is 28.3 Å². The Labute approximate surface area is 162 Å². The van der Waals surface area contributed by atoms with Crippen LogP contribution in [0.2, 0.25) is 5.02 Å². The van der Waals surface area contributed by atoms with E-state index in [2.05, 4.69) is 0 Å². The maximum Gasteiger partial charge on any atom is 0.332 e. The minimum Gasteiger partial charge on any atom is -0.335 e. The zero-order chi connectivity index (χ0) is 19.6. The summed E-state index contributed by atoms with van der Waals surface area (Å²) in [4.78, 5) is 43.2. The van der Waals surface area contributed by atoms with Crippen LogP contribution < -0.4 is 4.90 Å². The molecular formula is C19H19ClN4O3. The third-order valence-corrected chi connectivity index (χ3v) is 6.25. The van der Waals surface area contributed by atoms with Crippen molar-refractivity contribution in [2.24, 2.45) is 5.92 Å². The molecular weight excluding hydrogens is 368 g/mol. The van der Waals surface area contributed by atoms with Crippen LogP contribution in [0.3, 0.4) is 0 Å². The molecule has 7 nitrogen and oxygen atoms in total. The Bertz CT molecular complexity index is 922. The first-order valence-electron chi connectivity index (χ1n) is 8.93. The van der Waals surface area contributed by atoms with Crippen LogP contribution in [-0.2, 0) is 9.59 Å². The standard InChI is InChI=1S/C19H19ClN4O3/c1-9(2)17(25)22-8-12-6-14(22)16-18(26)24(19(27)23(12)16)13-5-4-11(7-21)15(20)10(13)3/h4-5,9,12,14,16H,6,8H2,1-3H3/t12-,14-,16-/m0/s1. The normalized spacial score (nSPS) is 26.2. The smallest absolute Gasteiger partial charge is 0.332 e. The molecule has 0 unspecified atom stereocenters. The number of halogens is 1. The molecule has 3 aliphatic heterocycles. The number of urea groups is 1. The third kappa shape index (κ3) is 2.29. The quantitative estimate of drug-likeness (QED) is 0.730. The SMILES string of the molecule is Cc1c(N2C(=O)[C@@H]3[C@@H]4C[C@@H](CN4C(=O)C(C)C)N3C2=O)ccc(C#N)c1Cl. The lowest BCUT2D eigenvalue weighted by atomic mass is 10.1. The van der Waals surface area contributed by atoms with Crippen molar-refractivity contribution in [3.8, 4) is 6.07 Å². The number of anilines is 1. The Morgan fingerprint density at radius 3 is 2.67 bits per heavy atom. The average Bonchev–Trinajstić information content (AvgIpc) is 3.29. The van der Waals surface area contributed by atoms with E-state index in [0.29, 0.717) is 29.8 Å². The summed E-state index contributed by atoms with van der Waals surface area (Å²) in [7, 11) is 0. The van der Waals surface area contributed by atoms with E-state index in [1.165, 1.54) is 6.07 Å². The summed E-state index contributed by atoms with van der Waals surface area (Å²) in [5, 5.41) is 9.35. The number of fused-ring (bicyclic) bond motifs is 5. The van der Waals surface area contributed by atoms with Gasteiger partial charge in [0.1, 0.15) is 12.1 Å². The van der Waals surface area contributed by atoms with Crippen LogP contribution in [0.4, 0.5) is 10.5 Å². The molecule has 3 atom stereocenters. The molecule has 4 amide bonds. The van der Waals surface area contributed by atoms with Gasteiger partial charge >= 0.3 is 6.03 Å². The van der Waals surface area contributed by atoms with Crippen molar-refractivity contribution in [1.29, 1.82) is 5.26 Å². The maximum absolute atomic E-state index is 13.2. The van der Waals surface area contributed by atoms with Crippen LogP contribution in [0.1, 0.15) is 31.4 Å². The zero-order valence-electron chi connectivity index (χ0n) is 15.3. The van der Waals surface area contributed by atoms with Gasteiger partial charge in [-0.3, -0.25) is 9.59 Å². The van der Waals surface area contributed by atoms with E-state index >= 15 is 0 Å². The van der Waals surface area contributed by atoms with E-state index in [9.17, 15) is 14.4 Å². The van der Waals surface area contributed by atoms with Crippen molar-refractivity contribution >= 4 is 35.1 Å². The highest BCUT2D eigenvalue weighted by molar-refractivity contribution is 6.33. The second-order valence-electron chi connectivity index (χ2n) is 7.59. The predicted octanol–water partition coefficient (Wildman–Crippen LogP) is 2.30. The van der Waals surface area contributed by atoms with Gasteiger partial charge in [-0.1, -0.05) is 25.4 Å². The molecule has 4 rings (SSSR count). The third-order valence-electron chi connectivity index (χ3n) is 5.76. The molecule has 3 fully saturated rings. The largest absolute Gasteiger partial charge is 0.335 e. The van der Waals surface area contributed by atoms with Crippen LogP contribution in [0.15, 0.2) is 12.1 Å². The van der Waals surface area contributed by atoms with Crippen molar-refractivity contribution in [2.75, 3.05) is 11.4 Å². The van der Waals surface area contributed by atoms with Crippen LogP contribution in [0.25, 0.3) is 0 Å². The van der Waals surface area contributed by atoms with Crippen LogP contribution in [-0.4, -0.2) is 52.3 Å². The minimum absolute atomic E-state index is 0.0125. The van der Waals surface area contributed by atoms with Crippen molar-refractivity contribution in [2.45, 2.75) is 45.3 Å². The summed E-state index contributed by atoms with van der Waals surface area (Å²) in [5.41, 5.74) is 1.21. The number of nitrogens with zero attached hydrogens (tertiary/aromatic N) is 4. The van der Waals surface area contributed by atoms with Gasteiger partial charge in [0.25, 0.3) is 5.91 Å². The van der Waals surface area contributed by atoms with Gasteiger partial charge in [-0.15, -0.1) is 0 Å². The molecule has 140 valence electrons.